The number of ether oxygens (including phenoxy) is 1. The lowest BCUT2D eigenvalue weighted by molar-refractivity contribution is -0.000357. The molecule has 0 saturated carbocycles. The van der Waals surface area contributed by atoms with Crippen LogP contribution in [0.15, 0.2) is 22.7 Å². The van der Waals surface area contributed by atoms with Gasteiger partial charge in [-0.15, -0.1) is 0 Å². The fraction of sp³-hybridized carbons (Fsp3) is 0.619. The second-order valence-electron chi connectivity index (χ2n) is 7.74. The van der Waals surface area contributed by atoms with Gasteiger partial charge in [0.15, 0.2) is 5.58 Å². The van der Waals surface area contributed by atoms with Gasteiger partial charge >= 0.3 is 6.09 Å². The van der Waals surface area contributed by atoms with Crippen molar-refractivity contribution in [3.8, 4) is 0 Å². The average Bonchev–Trinajstić information content (AvgIpc) is 3.10. The third-order valence-corrected chi connectivity index (χ3v) is 6.15. The molecule has 1 amide bonds. The lowest BCUT2D eigenvalue weighted by Gasteiger charge is -2.34. The number of carbonyl (C=O) groups is 1. The first-order valence-electron chi connectivity index (χ1n) is 10.2. The fourth-order valence-electron chi connectivity index (χ4n) is 4.29. The summed E-state index contributed by atoms with van der Waals surface area (Å²) in [6.07, 6.45) is 4.65. The van der Waals surface area contributed by atoms with Crippen molar-refractivity contribution in [1.29, 1.82) is 0 Å². The van der Waals surface area contributed by atoms with Crippen molar-refractivity contribution >= 4 is 17.1 Å². The van der Waals surface area contributed by atoms with Crippen molar-refractivity contribution in [3.63, 3.8) is 0 Å². The molecule has 1 aliphatic rings. The first-order valence-corrected chi connectivity index (χ1v) is 10.2. The molecule has 1 aliphatic heterocycles. The van der Waals surface area contributed by atoms with E-state index >= 15 is 0 Å². The number of likely N-dealkylation sites (tertiary alicyclic amines) is 1. The van der Waals surface area contributed by atoms with Crippen LogP contribution in [0.5, 0.6) is 0 Å². The van der Waals surface area contributed by atoms with Crippen molar-refractivity contribution < 1.29 is 18.4 Å². The molecular formula is C21H30FN3O3. The molecule has 0 atom stereocenters. The van der Waals surface area contributed by atoms with Gasteiger partial charge in [0.2, 0.25) is 0 Å². The van der Waals surface area contributed by atoms with E-state index in [1.807, 2.05) is 13.8 Å². The normalized spacial score (nSPS) is 16.5. The molecule has 7 heteroatoms. The maximum Gasteiger partial charge on any atom is 0.405 e. The number of rotatable bonds is 8. The van der Waals surface area contributed by atoms with Gasteiger partial charge in [-0.2, -0.15) is 0 Å². The van der Waals surface area contributed by atoms with Crippen molar-refractivity contribution in [1.82, 2.24) is 10.1 Å². The summed E-state index contributed by atoms with van der Waals surface area (Å²) in [5.74, 6) is 0.0344. The van der Waals surface area contributed by atoms with E-state index in [0.29, 0.717) is 11.5 Å². The highest BCUT2D eigenvalue weighted by Gasteiger charge is 2.30. The highest BCUT2D eigenvalue weighted by atomic mass is 19.1. The Kier molecular flexibility index (Phi) is 6.54. The number of halogens is 1. The van der Waals surface area contributed by atoms with E-state index in [-0.39, 0.29) is 5.82 Å². The molecule has 0 bridgehead atoms. The van der Waals surface area contributed by atoms with Gasteiger partial charge in [0.25, 0.3) is 0 Å². The topological polar surface area (TPSA) is 81.6 Å². The van der Waals surface area contributed by atoms with E-state index < -0.39 is 11.7 Å². The molecule has 1 fully saturated rings. The third kappa shape index (κ3) is 4.63. The first kappa shape index (κ1) is 20.6. The highest BCUT2D eigenvalue weighted by molar-refractivity contribution is 5.79. The SMILES string of the molecule is CCC(CC)(CCCN1CCC(c2noc3cc(F)ccc23)CC1)OC(N)=O. The second-order valence-corrected chi connectivity index (χ2v) is 7.74. The van der Waals surface area contributed by atoms with Crippen molar-refractivity contribution in [3.05, 3.63) is 29.7 Å². The molecule has 6 nitrogen and oxygen atoms in total. The number of hydrogen-bond donors (Lipinski definition) is 1. The molecule has 1 aromatic heterocycles. The van der Waals surface area contributed by atoms with Crippen LogP contribution >= 0.6 is 0 Å². The van der Waals surface area contributed by atoms with Crippen LogP contribution in [0, 0.1) is 5.82 Å². The maximum absolute atomic E-state index is 13.3. The Bertz CT molecular complexity index is 795. The van der Waals surface area contributed by atoms with E-state index in [0.717, 1.165) is 69.2 Å². The number of piperidine rings is 1. The third-order valence-electron chi connectivity index (χ3n) is 6.15. The van der Waals surface area contributed by atoms with Gasteiger partial charge in [-0.25, -0.2) is 9.18 Å². The van der Waals surface area contributed by atoms with Crippen molar-refractivity contribution in [2.45, 2.75) is 63.9 Å². The first-order chi connectivity index (χ1) is 13.5. The van der Waals surface area contributed by atoms with Gasteiger partial charge in [0.05, 0.1) is 5.69 Å². The van der Waals surface area contributed by atoms with E-state index in [9.17, 15) is 9.18 Å². The number of hydrogen-bond acceptors (Lipinski definition) is 5. The predicted molar refractivity (Wildman–Crippen MR) is 106 cm³/mol. The van der Waals surface area contributed by atoms with Crippen LogP contribution in [-0.4, -0.2) is 41.4 Å². The minimum absolute atomic E-state index is 0.305. The van der Waals surface area contributed by atoms with Crippen LogP contribution < -0.4 is 5.73 Å². The Balaban J connectivity index is 1.50. The van der Waals surface area contributed by atoms with Gasteiger partial charge in [-0.3, -0.25) is 0 Å². The summed E-state index contributed by atoms with van der Waals surface area (Å²) in [5, 5.41) is 5.12. The lowest BCUT2D eigenvalue weighted by Crippen LogP contribution is -2.38. The van der Waals surface area contributed by atoms with Crippen LogP contribution in [0.4, 0.5) is 9.18 Å². The van der Waals surface area contributed by atoms with E-state index in [2.05, 4.69) is 10.1 Å². The number of nitrogens with two attached hydrogens (primary N) is 1. The summed E-state index contributed by atoms with van der Waals surface area (Å²) in [4.78, 5) is 13.7. The van der Waals surface area contributed by atoms with E-state index in [4.69, 9.17) is 15.0 Å². The summed E-state index contributed by atoms with van der Waals surface area (Å²) in [5.41, 5.74) is 6.26. The number of amides is 1. The van der Waals surface area contributed by atoms with Gasteiger partial charge in [0.1, 0.15) is 11.4 Å². The zero-order valence-electron chi connectivity index (χ0n) is 16.7. The lowest BCUT2D eigenvalue weighted by atomic mass is 9.90. The largest absolute Gasteiger partial charge is 0.443 e. The van der Waals surface area contributed by atoms with Crippen molar-refractivity contribution in [2.24, 2.45) is 5.73 Å². The molecule has 2 heterocycles. The number of aromatic nitrogens is 1. The monoisotopic (exact) mass is 391 g/mol. The minimum atomic E-state index is -0.691. The Morgan fingerprint density at radius 2 is 2.07 bits per heavy atom. The van der Waals surface area contributed by atoms with Crippen LogP contribution in [0.3, 0.4) is 0 Å². The summed E-state index contributed by atoms with van der Waals surface area (Å²) < 4.78 is 24.1. The van der Waals surface area contributed by atoms with Crippen LogP contribution in [0.2, 0.25) is 0 Å². The average molecular weight is 391 g/mol. The molecule has 0 spiro atoms. The Hall–Kier alpha value is -2.15. The Labute approximate surface area is 165 Å². The highest BCUT2D eigenvalue weighted by Crippen LogP contribution is 2.33. The summed E-state index contributed by atoms with van der Waals surface area (Å²) in [6.45, 7) is 7.02. The molecule has 2 aromatic rings. The van der Waals surface area contributed by atoms with E-state index in [1.54, 1.807) is 6.07 Å². The minimum Gasteiger partial charge on any atom is -0.443 e. The summed E-state index contributed by atoms with van der Waals surface area (Å²) >= 11 is 0. The molecule has 0 aliphatic carbocycles. The standard InChI is InChI=1S/C21H30FN3O3/c1-3-21(4-2,27-20(23)26)10-5-11-25-12-8-15(9-13-25)19-17-7-6-16(22)14-18(17)28-24-19/h6-7,14-15H,3-5,8-13H2,1-2H3,(H2,23,26). The van der Waals surface area contributed by atoms with Gasteiger partial charge in [-0.1, -0.05) is 19.0 Å². The fourth-order valence-corrected chi connectivity index (χ4v) is 4.29. The smallest absolute Gasteiger partial charge is 0.405 e. The summed E-state index contributed by atoms with van der Waals surface area (Å²) in [7, 11) is 0. The van der Waals surface area contributed by atoms with Gasteiger partial charge in [-0.05, 0) is 70.3 Å². The number of primary amides is 1. The molecule has 1 saturated heterocycles. The predicted octanol–water partition coefficient (Wildman–Crippen LogP) is 4.58. The van der Waals surface area contributed by atoms with Crippen LogP contribution in [0.1, 0.15) is 64.0 Å². The molecule has 0 radical (unpaired) electrons. The number of fused-ring (bicyclic) bond motifs is 1. The van der Waals surface area contributed by atoms with Crippen LogP contribution in [0.25, 0.3) is 11.0 Å². The number of benzene rings is 1. The molecular weight excluding hydrogens is 361 g/mol. The Morgan fingerprint density at radius 3 is 2.71 bits per heavy atom. The van der Waals surface area contributed by atoms with Gasteiger partial charge < -0.3 is 19.9 Å². The quantitative estimate of drug-likeness (QED) is 0.712. The maximum atomic E-state index is 13.3. The number of nitrogens with zero attached hydrogens (tertiary/aromatic N) is 2. The Morgan fingerprint density at radius 1 is 1.36 bits per heavy atom. The second kappa shape index (κ2) is 8.90. The zero-order chi connectivity index (χ0) is 20.1. The number of carbonyl (C=O) groups excluding carboxylic acids is 1. The molecule has 3 rings (SSSR count). The molecule has 28 heavy (non-hydrogen) atoms. The molecule has 0 unspecified atom stereocenters. The molecule has 2 N–H and O–H groups in total. The summed E-state index contributed by atoms with van der Waals surface area (Å²) in [6, 6.07) is 4.61. The zero-order valence-corrected chi connectivity index (χ0v) is 16.7. The van der Waals surface area contributed by atoms with Crippen LogP contribution in [-0.2, 0) is 4.74 Å². The molecule has 1 aromatic carbocycles. The van der Waals surface area contributed by atoms with Gasteiger partial charge in [0, 0.05) is 17.4 Å². The molecule has 154 valence electrons. The van der Waals surface area contributed by atoms with Crippen molar-refractivity contribution in [2.75, 3.05) is 19.6 Å². The van der Waals surface area contributed by atoms with E-state index in [1.165, 1.54) is 12.1 Å².